The van der Waals surface area contributed by atoms with Gasteiger partial charge in [-0.15, -0.1) is 0 Å². The maximum absolute atomic E-state index is 13.8. The third-order valence-electron chi connectivity index (χ3n) is 4.42. The zero-order valence-electron chi connectivity index (χ0n) is 13.9. The number of nitrogens with one attached hydrogen (secondary N) is 1. The van der Waals surface area contributed by atoms with Crippen molar-refractivity contribution in [1.82, 2.24) is 10.2 Å². The van der Waals surface area contributed by atoms with E-state index >= 15 is 0 Å². The predicted octanol–water partition coefficient (Wildman–Crippen LogP) is 2.38. The van der Waals surface area contributed by atoms with Gasteiger partial charge in [0.15, 0.2) is 0 Å². The second kappa shape index (κ2) is 9.63. The third-order valence-corrected chi connectivity index (χ3v) is 4.42. The molecule has 1 N–H and O–H groups in total. The SMILES string of the molecule is COCCNCC(=O)N(CCc1ccccc1F)C1CCCC1. The van der Waals surface area contributed by atoms with Crippen LogP contribution < -0.4 is 5.32 Å². The van der Waals surface area contributed by atoms with E-state index in [1.807, 2.05) is 11.0 Å². The Morgan fingerprint density at radius 3 is 2.78 bits per heavy atom. The Balaban J connectivity index is 1.91. The van der Waals surface area contributed by atoms with Crippen molar-refractivity contribution in [3.63, 3.8) is 0 Å². The summed E-state index contributed by atoms with van der Waals surface area (Å²) < 4.78 is 18.7. The lowest BCUT2D eigenvalue weighted by molar-refractivity contribution is -0.132. The molecule has 2 rings (SSSR count). The van der Waals surface area contributed by atoms with Gasteiger partial charge >= 0.3 is 0 Å². The van der Waals surface area contributed by atoms with Crippen LogP contribution in [-0.4, -0.2) is 50.2 Å². The molecule has 128 valence electrons. The molecule has 0 heterocycles. The summed E-state index contributed by atoms with van der Waals surface area (Å²) in [6.07, 6.45) is 5.02. The van der Waals surface area contributed by atoms with Gasteiger partial charge in [-0.25, -0.2) is 4.39 Å². The minimum Gasteiger partial charge on any atom is -0.383 e. The zero-order chi connectivity index (χ0) is 16.5. The molecule has 5 heteroatoms. The van der Waals surface area contributed by atoms with E-state index in [4.69, 9.17) is 4.74 Å². The molecule has 0 aliphatic heterocycles. The molecule has 0 saturated heterocycles. The van der Waals surface area contributed by atoms with Crippen molar-refractivity contribution in [1.29, 1.82) is 0 Å². The molecule has 0 unspecified atom stereocenters. The van der Waals surface area contributed by atoms with Crippen LogP contribution in [0.1, 0.15) is 31.2 Å². The summed E-state index contributed by atoms with van der Waals surface area (Å²) in [6, 6.07) is 7.11. The summed E-state index contributed by atoms with van der Waals surface area (Å²) in [5.41, 5.74) is 0.677. The van der Waals surface area contributed by atoms with Crippen molar-refractivity contribution in [3.8, 4) is 0 Å². The van der Waals surface area contributed by atoms with Crippen LogP contribution in [0, 0.1) is 5.82 Å². The molecule has 1 aromatic rings. The van der Waals surface area contributed by atoms with Gasteiger partial charge < -0.3 is 15.0 Å². The number of benzene rings is 1. The van der Waals surface area contributed by atoms with Crippen LogP contribution in [0.5, 0.6) is 0 Å². The molecule has 1 fully saturated rings. The van der Waals surface area contributed by atoms with Crippen molar-refractivity contribution in [3.05, 3.63) is 35.6 Å². The number of hydrogen-bond donors (Lipinski definition) is 1. The third kappa shape index (κ3) is 5.59. The second-order valence-corrected chi connectivity index (χ2v) is 6.04. The average Bonchev–Trinajstić information content (AvgIpc) is 3.07. The Labute approximate surface area is 138 Å². The number of amides is 1. The highest BCUT2D eigenvalue weighted by atomic mass is 19.1. The number of hydrogen-bond acceptors (Lipinski definition) is 3. The van der Waals surface area contributed by atoms with Crippen molar-refractivity contribution >= 4 is 5.91 Å². The van der Waals surface area contributed by atoms with E-state index in [0.717, 1.165) is 12.8 Å². The minimum absolute atomic E-state index is 0.101. The highest BCUT2D eigenvalue weighted by Crippen LogP contribution is 2.24. The number of carbonyl (C=O) groups is 1. The van der Waals surface area contributed by atoms with Crippen LogP contribution in [-0.2, 0) is 16.0 Å². The predicted molar refractivity (Wildman–Crippen MR) is 88.8 cm³/mol. The molecular weight excluding hydrogens is 295 g/mol. The smallest absolute Gasteiger partial charge is 0.236 e. The number of methoxy groups -OCH3 is 1. The standard InChI is InChI=1S/C18H27FN2O2/c1-23-13-11-20-14-18(22)21(16-7-3-4-8-16)12-10-15-6-2-5-9-17(15)19/h2,5-6,9,16,20H,3-4,7-8,10-14H2,1H3. The Kier molecular flexibility index (Phi) is 7.49. The van der Waals surface area contributed by atoms with Gasteiger partial charge in [0.2, 0.25) is 5.91 Å². The summed E-state index contributed by atoms with van der Waals surface area (Å²) in [5.74, 6) is -0.0890. The average molecular weight is 322 g/mol. The lowest BCUT2D eigenvalue weighted by Gasteiger charge is -2.29. The Hall–Kier alpha value is -1.46. The monoisotopic (exact) mass is 322 g/mol. The molecule has 0 bridgehead atoms. The van der Waals surface area contributed by atoms with Crippen molar-refractivity contribution < 1.29 is 13.9 Å². The molecule has 1 saturated carbocycles. The lowest BCUT2D eigenvalue weighted by Crippen LogP contribution is -2.45. The first-order valence-electron chi connectivity index (χ1n) is 8.45. The highest BCUT2D eigenvalue weighted by molar-refractivity contribution is 5.78. The van der Waals surface area contributed by atoms with Gasteiger partial charge in [0.25, 0.3) is 0 Å². The number of nitrogens with zero attached hydrogens (tertiary/aromatic N) is 1. The number of halogens is 1. The second-order valence-electron chi connectivity index (χ2n) is 6.04. The lowest BCUT2D eigenvalue weighted by atomic mass is 10.1. The molecule has 1 amide bonds. The van der Waals surface area contributed by atoms with Gasteiger partial charge in [-0.3, -0.25) is 4.79 Å². The summed E-state index contributed by atoms with van der Waals surface area (Å²) in [7, 11) is 1.64. The van der Waals surface area contributed by atoms with Crippen molar-refractivity contribution in [2.45, 2.75) is 38.1 Å². The first kappa shape index (κ1) is 17.9. The van der Waals surface area contributed by atoms with E-state index in [1.54, 1.807) is 19.2 Å². The number of carbonyl (C=O) groups excluding carboxylic acids is 1. The molecule has 0 radical (unpaired) electrons. The fourth-order valence-corrected chi connectivity index (χ4v) is 3.14. The first-order chi connectivity index (χ1) is 11.2. The summed E-state index contributed by atoms with van der Waals surface area (Å²) in [6.45, 7) is 2.15. The largest absolute Gasteiger partial charge is 0.383 e. The Morgan fingerprint density at radius 1 is 1.35 bits per heavy atom. The highest BCUT2D eigenvalue weighted by Gasteiger charge is 2.26. The molecule has 1 aliphatic rings. The molecule has 1 aromatic carbocycles. The first-order valence-corrected chi connectivity index (χ1v) is 8.45. The molecular formula is C18H27FN2O2. The van der Waals surface area contributed by atoms with Crippen LogP contribution in [0.25, 0.3) is 0 Å². The van der Waals surface area contributed by atoms with Gasteiger partial charge in [0, 0.05) is 26.2 Å². The molecule has 0 aromatic heterocycles. The molecule has 1 aliphatic carbocycles. The fraction of sp³-hybridized carbons (Fsp3) is 0.611. The Morgan fingerprint density at radius 2 is 2.09 bits per heavy atom. The van der Waals surface area contributed by atoms with Gasteiger partial charge in [0.05, 0.1) is 13.2 Å². The zero-order valence-corrected chi connectivity index (χ0v) is 13.9. The van der Waals surface area contributed by atoms with Gasteiger partial charge in [0.1, 0.15) is 5.82 Å². The van der Waals surface area contributed by atoms with Crippen LogP contribution in [0.15, 0.2) is 24.3 Å². The quantitative estimate of drug-likeness (QED) is 0.710. The van der Waals surface area contributed by atoms with Crippen LogP contribution >= 0.6 is 0 Å². The summed E-state index contributed by atoms with van der Waals surface area (Å²) >= 11 is 0. The van der Waals surface area contributed by atoms with Gasteiger partial charge in [-0.1, -0.05) is 31.0 Å². The van der Waals surface area contributed by atoms with Gasteiger partial charge in [-0.2, -0.15) is 0 Å². The minimum atomic E-state index is -0.190. The number of ether oxygens (including phenoxy) is 1. The van der Waals surface area contributed by atoms with Crippen molar-refractivity contribution in [2.24, 2.45) is 0 Å². The van der Waals surface area contributed by atoms with E-state index < -0.39 is 0 Å². The maximum Gasteiger partial charge on any atom is 0.236 e. The molecule has 0 spiro atoms. The van der Waals surface area contributed by atoms with Crippen LogP contribution in [0.2, 0.25) is 0 Å². The number of rotatable bonds is 9. The van der Waals surface area contributed by atoms with E-state index in [-0.39, 0.29) is 11.7 Å². The van der Waals surface area contributed by atoms with Gasteiger partial charge in [-0.05, 0) is 30.9 Å². The summed E-state index contributed by atoms with van der Waals surface area (Å²) in [5, 5.41) is 3.11. The van der Waals surface area contributed by atoms with E-state index in [2.05, 4.69) is 5.32 Å². The van der Waals surface area contributed by atoms with Crippen LogP contribution in [0.3, 0.4) is 0 Å². The topological polar surface area (TPSA) is 41.6 Å². The van der Waals surface area contributed by atoms with Crippen molar-refractivity contribution in [2.75, 3.05) is 33.4 Å². The van der Waals surface area contributed by atoms with E-state index in [1.165, 1.54) is 18.9 Å². The summed E-state index contributed by atoms with van der Waals surface area (Å²) in [4.78, 5) is 14.5. The van der Waals surface area contributed by atoms with E-state index in [0.29, 0.717) is 44.3 Å². The molecule has 0 atom stereocenters. The fourth-order valence-electron chi connectivity index (χ4n) is 3.14. The Bertz CT molecular complexity index is 490. The maximum atomic E-state index is 13.8. The van der Waals surface area contributed by atoms with Crippen LogP contribution in [0.4, 0.5) is 4.39 Å². The van der Waals surface area contributed by atoms with E-state index in [9.17, 15) is 9.18 Å². The molecule has 4 nitrogen and oxygen atoms in total. The normalized spacial score (nSPS) is 15.0. The molecule has 23 heavy (non-hydrogen) atoms.